The van der Waals surface area contributed by atoms with Gasteiger partial charge in [0.15, 0.2) is 0 Å². The molecular weight excluding hydrogens is 565 g/mol. The maximum Gasteiger partial charge on any atom is 0.573 e. The van der Waals surface area contributed by atoms with Crippen LogP contribution in [0.25, 0.3) is 0 Å². The molecule has 0 aliphatic carbocycles. The van der Waals surface area contributed by atoms with E-state index in [0.717, 1.165) is 33.5 Å². The number of ether oxygens (including phenoxy) is 2. The van der Waals surface area contributed by atoms with Crippen molar-refractivity contribution in [2.24, 2.45) is 0 Å². The third kappa shape index (κ3) is 6.10. The lowest BCUT2D eigenvalue weighted by Gasteiger charge is -2.28. The standard InChI is InChI=1S/C25H20ClF3N2O7S/c1-37-18-8-10-20(11-9-18)39(35,36)31-13-16-2-5-17(26)12-21(16)30(14-22(31)24(33)34)23(32)15-3-6-19(7-4-15)38-25(27,28)29/h2-12,22H,13-14H2,1H3,(H,33,34). The van der Waals surface area contributed by atoms with Crippen LogP contribution in [0.15, 0.2) is 71.6 Å². The second-order valence-electron chi connectivity index (χ2n) is 8.34. The average molecular weight is 585 g/mol. The van der Waals surface area contributed by atoms with Crippen LogP contribution in [0.3, 0.4) is 0 Å². The summed E-state index contributed by atoms with van der Waals surface area (Å²) < 4.78 is 74.5. The van der Waals surface area contributed by atoms with Gasteiger partial charge in [-0.3, -0.25) is 9.59 Å². The number of hydrogen-bond acceptors (Lipinski definition) is 6. The number of nitrogens with zero attached hydrogens (tertiary/aromatic N) is 2. The molecule has 0 saturated heterocycles. The molecule has 0 radical (unpaired) electrons. The number of hydrogen-bond donors (Lipinski definition) is 1. The zero-order valence-corrected chi connectivity index (χ0v) is 21.6. The summed E-state index contributed by atoms with van der Waals surface area (Å²) in [7, 11) is -2.99. The van der Waals surface area contributed by atoms with E-state index in [2.05, 4.69) is 4.74 Å². The normalized spacial score (nSPS) is 16.2. The molecule has 1 atom stereocenters. The topological polar surface area (TPSA) is 113 Å². The Labute approximate surface area is 226 Å². The molecule has 14 heteroatoms. The maximum absolute atomic E-state index is 13.6. The Morgan fingerprint density at radius 2 is 1.62 bits per heavy atom. The molecule has 1 heterocycles. The summed E-state index contributed by atoms with van der Waals surface area (Å²) in [5.41, 5.74) is 0.346. The zero-order chi connectivity index (χ0) is 28.5. The highest BCUT2D eigenvalue weighted by Crippen LogP contribution is 2.34. The lowest BCUT2D eigenvalue weighted by atomic mass is 10.1. The van der Waals surface area contributed by atoms with Crippen LogP contribution in [0.2, 0.25) is 5.02 Å². The summed E-state index contributed by atoms with van der Waals surface area (Å²) in [5.74, 6) is -2.47. The molecule has 39 heavy (non-hydrogen) atoms. The van der Waals surface area contributed by atoms with E-state index in [9.17, 15) is 36.3 Å². The monoisotopic (exact) mass is 584 g/mol. The first kappa shape index (κ1) is 28.2. The summed E-state index contributed by atoms with van der Waals surface area (Å²) in [4.78, 5) is 26.8. The third-order valence-electron chi connectivity index (χ3n) is 5.90. The molecule has 1 unspecified atom stereocenters. The van der Waals surface area contributed by atoms with Gasteiger partial charge in [0.2, 0.25) is 10.0 Å². The number of carbonyl (C=O) groups excluding carboxylic acids is 1. The van der Waals surface area contributed by atoms with Crippen LogP contribution in [0, 0.1) is 0 Å². The van der Waals surface area contributed by atoms with E-state index in [1.807, 2.05) is 0 Å². The Morgan fingerprint density at radius 3 is 2.18 bits per heavy atom. The van der Waals surface area contributed by atoms with Gasteiger partial charge in [-0.2, -0.15) is 4.31 Å². The first-order valence-corrected chi connectivity index (χ1v) is 13.0. The fourth-order valence-electron chi connectivity index (χ4n) is 4.05. The Kier molecular flexibility index (Phi) is 7.77. The van der Waals surface area contributed by atoms with Gasteiger partial charge in [-0.1, -0.05) is 17.7 Å². The lowest BCUT2D eigenvalue weighted by molar-refractivity contribution is -0.274. The third-order valence-corrected chi connectivity index (χ3v) is 8.00. The minimum Gasteiger partial charge on any atom is -0.497 e. The second kappa shape index (κ2) is 10.8. The number of carboxylic acids is 1. The van der Waals surface area contributed by atoms with Gasteiger partial charge in [-0.05, 0) is 66.2 Å². The fraction of sp³-hybridized carbons (Fsp3) is 0.200. The fourth-order valence-corrected chi connectivity index (χ4v) is 5.76. The van der Waals surface area contributed by atoms with E-state index in [1.165, 1.54) is 49.6 Å². The van der Waals surface area contributed by atoms with Gasteiger partial charge >= 0.3 is 12.3 Å². The number of rotatable bonds is 6. The molecule has 1 amide bonds. The van der Waals surface area contributed by atoms with Gasteiger partial charge < -0.3 is 19.5 Å². The summed E-state index contributed by atoms with van der Waals surface area (Å²) in [6, 6.07) is 12.0. The molecule has 1 N–H and O–H groups in total. The SMILES string of the molecule is COc1ccc(S(=O)(=O)N2Cc3ccc(Cl)cc3N(C(=O)c3ccc(OC(F)(F)F)cc3)CC2C(=O)O)cc1. The number of carboxylic acid groups (broad SMARTS) is 1. The maximum atomic E-state index is 13.6. The van der Waals surface area contributed by atoms with Crippen molar-refractivity contribution in [2.75, 3.05) is 18.6 Å². The van der Waals surface area contributed by atoms with E-state index in [4.69, 9.17) is 16.3 Å². The Hall–Kier alpha value is -3.81. The molecule has 0 aromatic heterocycles. The Bertz CT molecular complexity index is 1500. The zero-order valence-electron chi connectivity index (χ0n) is 20.1. The minimum atomic E-state index is -4.93. The number of methoxy groups -OCH3 is 1. The van der Waals surface area contributed by atoms with Crippen molar-refractivity contribution in [1.29, 1.82) is 0 Å². The minimum absolute atomic E-state index is 0.0916. The summed E-state index contributed by atoms with van der Waals surface area (Å²) in [6.45, 7) is -1.02. The molecule has 0 bridgehead atoms. The summed E-state index contributed by atoms with van der Waals surface area (Å²) in [5, 5.41) is 10.3. The van der Waals surface area contributed by atoms with E-state index in [1.54, 1.807) is 0 Å². The van der Waals surface area contributed by atoms with Crippen LogP contribution in [0.1, 0.15) is 15.9 Å². The number of amides is 1. The van der Waals surface area contributed by atoms with Crippen molar-refractivity contribution in [3.05, 3.63) is 82.9 Å². The molecule has 0 spiro atoms. The number of carbonyl (C=O) groups is 2. The smallest absolute Gasteiger partial charge is 0.497 e. The Morgan fingerprint density at radius 1 is 1.00 bits per heavy atom. The number of fused-ring (bicyclic) bond motifs is 1. The Balaban J connectivity index is 1.76. The number of alkyl halides is 3. The molecule has 1 aliphatic rings. The molecule has 3 aromatic rings. The molecule has 4 rings (SSSR count). The van der Waals surface area contributed by atoms with Crippen LogP contribution in [0.4, 0.5) is 18.9 Å². The quantitative estimate of drug-likeness (QED) is 0.452. The predicted molar refractivity (Wildman–Crippen MR) is 133 cm³/mol. The molecule has 206 valence electrons. The highest BCUT2D eigenvalue weighted by molar-refractivity contribution is 7.89. The van der Waals surface area contributed by atoms with Crippen molar-refractivity contribution >= 4 is 39.2 Å². The van der Waals surface area contributed by atoms with E-state index < -0.39 is 53.1 Å². The first-order chi connectivity index (χ1) is 18.3. The first-order valence-electron chi connectivity index (χ1n) is 11.1. The predicted octanol–water partition coefficient (Wildman–Crippen LogP) is 4.55. The van der Waals surface area contributed by atoms with E-state index in [-0.39, 0.29) is 26.7 Å². The molecular formula is C25H20ClF3N2O7S. The second-order valence-corrected chi connectivity index (χ2v) is 10.7. The number of sulfonamides is 1. The van der Waals surface area contributed by atoms with Crippen molar-refractivity contribution in [2.45, 2.75) is 23.8 Å². The van der Waals surface area contributed by atoms with Gasteiger partial charge in [0, 0.05) is 17.1 Å². The molecule has 3 aromatic carbocycles. The van der Waals surface area contributed by atoms with Crippen LogP contribution in [0.5, 0.6) is 11.5 Å². The molecule has 0 fully saturated rings. The number of benzene rings is 3. The van der Waals surface area contributed by atoms with Crippen molar-refractivity contribution in [1.82, 2.24) is 4.31 Å². The van der Waals surface area contributed by atoms with E-state index >= 15 is 0 Å². The van der Waals surface area contributed by atoms with Crippen molar-refractivity contribution in [3.63, 3.8) is 0 Å². The molecule has 9 nitrogen and oxygen atoms in total. The van der Waals surface area contributed by atoms with Crippen molar-refractivity contribution in [3.8, 4) is 11.5 Å². The number of anilines is 1. The highest BCUT2D eigenvalue weighted by Gasteiger charge is 2.42. The van der Waals surface area contributed by atoms with Crippen LogP contribution >= 0.6 is 11.6 Å². The van der Waals surface area contributed by atoms with Gasteiger partial charge in [-0.25, -0.2) is 8.42 Å². The summed E-state index contributed by atoms with van der Waals surface area (Å²) >= 11 is 6.16. The van der Waals surface area contributed by atoms with Crippen LogP contribution in [-0.2, 0) is 21.4 Å². The van der Waals surface area contributed by atoms with E-state index in [0.29, 0.717) is 5.75 Å². The highest BCUT2D eigenvalue weighted by atomic mass is 35.5. The van der Waals surface area contributed by atoms with Gasteiger partial charge in [0.05, 0.1) is 24.2 Å². The molecule has 1 aliphatic heterocycles. The van der Waals surface area contributed by atoms with Crippen LogP contribution in [-0.4, -0.2) is 55.8 Å². The van der Waals surface area contributed by atoms with Gasteiger partial charge in [-0.15, -0.1) is 13.2 Å². The number of halogens is 4. The van der Waals surface area contributed by atoms with Gasteiger partial charge in [0.1, 0.15) is 17.5 Å². The summed E-state index contributed by atoms with van der Waals surface area (Å²) in [6.07, 6.45) is -4.93. The van der Waals surface area contributed by atoms with Crippen molar-refractivity contribution < 1.29 is 45.8 Å². The number of aliphatic carboxylic acids is 1. The van der Waals surface area contributed by atoms with Crippen LogP contribution < -0.4 is 14.4 Å². The molecule has 0 saturated carbocycles. The average Bonchev–Trinajstić information content (AvgIpc) is 3.05. The van der Waals surface area contributed by atoms with Gasteiger partial charge in [0.25, 0.3) is 5.91 Å². The lowest BCUT2D eigenvalue weighted by Crippen LogP contribution is -2.50. The largest absolute Gasteiger partial charge is 0.573 e.